The van der Waals surface area contributed by atoms with Gasteiger partial charge in [0.05, 0.1) is 13.2 Å². The van der Waals surface area contributed by atoms with E-state index in [-0.39, 0.29) is 19.4 Å². The number of allylic oxidation sites excluding steroid dienone is 4. The fraction of sp³-hybridized carbons (Fsp3) is 0.837. The maximum atomic E-state index is 12.6. The predicted molar refractivity (Wildman–Crippen MR) is 222 cm³/mol. The Morgan fingerprint density at radius 1 is 0.564 bits per heavy atom. The van der Waals surface area contributed by atoms with E-state index in [4.69, 9.17) is 24.8 Å². The lowest BCUT2D eigenvalue weighted by Gasteiger charge is -2.20. The van der Waals surface area contributed by atoms with Crippen molar-refractivity contribution < 1.29 is 47.5 Å². The van der Waals surface area contributed by atoms with E-state index in [0.29, 0.717) is 12.8 Å². The van der Waals surface area contributed by atoms with Crippen LogP contribution in [0.15, 0.2) is 24.3 Å². The molecule has 55 heavy (non-hydrogen) atoms. The van der Waals surface area contributed by atoms with Crippen molar-refractivity contribution in [2.45, 2.75) is 212 Å². The molecule has 0 radical (unpaired) electrons. The third-order valence-corrected chi connectivity index (χ3v) is 10.4. The van der Waals surface area contributed by atoms with Gasteiger partial charge in [0.1, 0.15) is 12.6 Å². The highest BCUT2D eigenvalue weighted by atomic mass is 31.2. The van der Waals surface area contributed by atoms with Gasteiger partial charge in [-0.2, -0.15) is 0 Å². The average Bonchev–Trinajstić information content (AvgIpc) is 3.16. The first-order valence-electron chi connectivity index (χ1n) is 21.9. The van der Waals surface area contributed by atoms with Gasteiger partial charge in [0, 0.05) is 12.8 Å². The maximum Gasteiger partial charge on any atom is 0.472 e. The van der Waals surface area contributed by atoms with Gasteiger partial charge in [-0.3, -0.25) is 23.4 Å². The SMILES string of the molecule is CCCCCCCC/C=C/C/C=C/CCCCC(=O)OC[C@H](COP(=O)(O)OC[C@H](N)C(=O)O)OC(=O)CCCCCCCCCCCCCCCCCC. The minimum atomic E-state index is -4.72. The van der Waals surface area contributed by atoms with Crippen LogP contribution in [0.4, 0.5) is 0 Å². The van der Waals surface area contributed by atoms with Crippen molar-refractivity contribution in [2.24, 2.45) is 5.73 Å². The van der Waals surface area contributed by atoms with Crippen LogP contribution in [0.25, 0.3) is 0 Å². The standard InChI is InChI=1S/C43H80NO10P/c1-3-5-7-9-11-13-15-17-19-21-23-25-27-29-31-33-35-42(46)54-39(37-52-55(49,50)53-38-40(44)43(47)48)36-51-41(45)34-32-30-28-26-24-22-20-18-16-14-12-10-8-6-4-2/h18,20,24,26,39-40H,3-17,19,21-23,25,27-38,44H2,1-2H3,(H,47,48)(H,49,50)/b20-18+,26-24+/t39-,40+/m1/s1. The summed E-state index contributed by atoms with van der Waals surface area (Å²) in [7, 11) is -4.72. The molecule has 0 aromatic carbocycles. The summed E-state index contributed by atoms with van der Waals surface area (Å²) in [6, 6.07) is -1.52. The van der Waals surface area contributed by atoms with Crippen molar-refractivity contribution in [1.29, 1.82) is 0 Å². The number of hydrogen-bond donors (Lipinski definition) is 3. The van der Waals surface area contributed by atoms with Gasteiger partial charge in [0.2, 0.25) is 0 Å². The molecule has 3 atom stereocenters. The van der Waals surface area contributed by atoms with E-state index in [9.17, 15) is 23.8 Å². The molecule has 0 aliphatic carbocycles. The molecule has 0 aromatic heterocycles. The Kier molecular flexibility index (Phi) is 37.4. The van der Waals surface area contributed by atoms with Crippen molar-refractivity contribution in [2.75, 3.05) is 19.8 Å². The molecule has 0 spiro atoms. The summed E-state index contributed by atoms with van der Waals surface area (Å²) in [5, 5.41) is 8.88. The van der Waals surface area contributed by atoms with Gasteiger partial charge < -0.3 is 25.2 Å². The van der Waals surface area contributed by atoms with E-state index < -0.39 is 51.1 Å². The molecule has 0 heterocycles. The Morgan fingerprint density at radius 3 is 1.45 bits per heavy atom. The highest BCUT2D eigenvalue weighted by molar-refractivity contribution is 7.47. The molecule has 0 bridgehead atoms. The van der Waals surface area contributed by atoms with E-state index in [2.05, 4.69) is 42.7 Å². The second-order valence-electron chi connectivity index (χ2n) is 14.8. The molecule has 1 unspecified atom stereocenters. The Balaban J connectivity index is 4.39. The minimum absolute atomic E-state index is 0.159. The molecule has 0 saturated carbocycles. The summed E-state index contributed by atoms with van der Waals surface area (Å²) < 4.78 is 32.7. The Hall–Kier alpha value is -2.04. The normalized spacial score (nSPS) is 14.0. The average molecular weight is 802 g/mol. The summed E-state index contributed by atoms with van der Waals surface area (Å²) in [5.74, 6) is -2.41. The van der Waals surface area contributed by atoms with Crippen LogP contribution in [0.1, 0.15) is 200 Å². The monoisotopic (exact) mass is 802 g/mol. The lowest BCUT2D eigenvalue weighted by Crippen LogP contribution is -2.34. The van der Waals surface area contributed by atoms with E-state index >= 15 is 0 Å². The van der Waals surface area contributed by atoms with Crippen molar-refractivity contribution in [3.05, 3.63) is 24.3 Å². The second kappa shape index (κ2) is 38.8. The third kappa shape index (κ3) is 38.6. The number of rotatable bonds is 41. The first-order chi connectivity index (χ1) is 26.6. The highest BCUT2D eigenvalue weighted by Crippen LogP contribution is 2.43. The Labute approximate surface area is 334 Å². The van der Waals surface area contributed by atoms with Gasteiger partial charge in [-0.1, -0.05) is 167 Å². The second-order valence-corrected chi connectivity index (χ2v) is 16.3. The van der Waals surface area contributed by atoms with Crippen LogP contribution in [0, 0.1) is 0 Å². The number of carboxylic acids is 1. The number of esters is 2. The molecular formula is C43H80NO10P. The molecular weight excluding hydrogens is 721 g/mol. The summed E-state index contributed by atoms with van der Waals surface area (Å²) in [4.78, 5) is 45.9. The van der Waals surface area contributed by atoms with Gasteiger partial charge in [-0.05, 0) is 44.9 Å². The van der Waals surface area contributed by atoms with Crippen molar-refractivity contribution in [1.82, 2.24) is 0 Å². The lowest BCUT2D eigenvalue weighted by molar-refractivity contribution is -0.161. The molecule has 322 valence electrons. The molecule has 0 rings (SSSR count). The number of unbranched alkanes of at least 4 members (excludes halogenated alkanes) is 23. The van der Waals surface area contributed by atoms with Crippen LogP contribution in [-0.4, -0.2) is 59.9 Å². The molecule has 0 saturated heterocycles. The van der Waals surface area contributed by atoms with E-state index in [0.717, 1.165) is 44.9 Å². The van der Waals surface area contributed by atoms with Gasteiger partial charge in [-0.25, -0.2) is 4.57 Å². The summed E-state index contributed by atoms with van der Waals surface area (Å²) >= 11 is 0. The molecule has 11 nitrogen and oxygen atoms in total. The largest absolute Gasteiger partial charge is 0.480 e. The first kappa shape index (κ1) is 53.0. The summed E-state index contributed by atoms with van der Waals surface area (Å²) in [6.45, 7) is 2.78. The molecule has 0 fully saturated rings. The van der Waals surface area contributed by atoms with E-state index in [1.54, 1.807) is 0 Å². The number of carboxylic acid groups (broad SMARTS) is 1. The number of aliphatic carboxylic acids is 1. The zero-order chi connectivity index (χ0) is 40.7. The van der Waals surface area contributed by atoms with Crippen molar-refractivity contribution in [3.63, 3.8) is 0 Å². The zero-order valence-corrected chi connectivity index (χ0v) is 35.7. The fourth-order valence-corrected chi connectivity index (χ4v) is 6.76. The van der Waals surface area contributed by atoms with Gasteiger partial charge >= 0.3 is 25.7 Å². The highest BCUT2D eigenvalue weighted by Gasteiger charge is 2.28. The Bertz CT molecular complexity index is 1040. The zero-order valence-electron chi connectivity index (χ0n) is 34.8. The molecule has 4 N–H and O–H groups in total. The smallest absolute Gasteiger partial charge is 0.472 e. The molecule has 0 aromatic rings. The number of ether oxygens (including phenoxy) is 2. The van der Waals surface area contributed by atoms with Crippen LogP contribution < -0.4 is 5.73 Å². The number of phosphoric ester groups is 1. The number of hydrogen-bond acceptors (Lipinski definition) is 9. The summed E-state index contributed by atoms with van der Waals surface area (Å²) in [5.41, 5.74) is 5.33. The van der Waals surface area contributed by atoms with Gasteiger partial charge in [0.25, 0.3) is 0 Å². The van der Waals surface area contributed by atoms with Crippen LogP contribution in [0.2, 0.25) is 0 Å². The molecule has 0 amide bonds. The predicted octanol–water partition coefficient (Wildman–Crippen LogP) is 11.5. The fourth-order valence-electron chi connectivity index (χ4n) is 5.98. The molecule has 12 heteroatoms. The van der Waals surface area contributed by atoms with Crippen LogP contribution in [0.3, 0.4) is 0 Å². The topological polar surface area (TPSA) is 172 Å². The van der Waals surface area contributed by atoms with E-state index in [1.807, 2.05) is 0 Å². The molecule has 0 aliphatic rings. The van der Waals surface area contributed by atoms with Crippen LogP contribution >= 0.6 is 7.82 Å². The third-order valence-electron chi connectivity index (χ3n) is 9.45. The van der Waals surface area contributed by atoms with Gasteiger partial charge in [0.15, 0.2) is 6.10 Å². The molecule has 0 aliphatic heterocycles. The number of carbonyl (C=O) groups is 3. The van der Waals surface area contributed by atoms with Gasteiger partial charge in [-0.15, -0.1) is 0 Å². The first-order valence-corrected chi connectivity index (χ1v) is 23.4. The van der Waals surface area contributed by atoms with Crippen molar-refractivity contribution in [3.8, 4) is 0 Å². The quantitative estimate of drug-likeness (QED) is 0.0232. The summed E-state index contributed by atoms with van der Waals surface area (Å²) in [6.07, 6.45) is 39.6. The van der Waals surface area contributed by atoms with E-state index in [1.165, 1.54) is 116 Å². The van der Waals surface area contributed by atoms with Crippen LogP contribution in [0.5, 0.6) is 0 Å². The number of carbonyl (C=O) groups excluding carboxylic acids is 2. The Morgan fingerprint density at radius 2 is 0.964 bits per heavy atom. The van der Waals surface area contributed by atoms with Crippen molar-refractivity contribution >= 4 is 25.7 Å². The number of phosphoric acid groups is 1. The minimum Gasteiger partial charge on any atom is -0.480 e. The van der Waals surface area contributed by atoms with Crippen LogP contribution in [-0.2, 0) is 37.5 Å². The maximum absolute atomic E-state index is 12.6. The number of nitrogens with two attached hydrogens (primary N) is 1. The lowest BCUT2D eigenvalue weighted by atomic mass is 10.0.